The van der Waals surface area contributed by atoms with E-state index in [2.05, 4.69) is 4.98 Å². The second kappa shape index (κ2) is 3.02. The second-order valence-corrected chi connectivity index (χ2v) is 2.36. The fraction of sp³-hybridized carbons (Fsp3) is 0.250. The fourth-order valence-electron chi connectivity index (χ4n) is 0.857. The summed E-state index contributed by atoms with van der Waals surface area (Å²) in [4.78, 5) is 3.93. The number of pyridine rings is 1. The normalized spacial score (nSPS) is 9.09. The van der Waals surface area contributed by atoms with Crippen LogP contribution >= 0.6 is 0 Å². The van der Waals surface area contributed by atoms with E-state index < -0.39 is 0 Å². The molecule has 1 heterocycles. The van der Waals surface area contributed by atoms with Crippen LogP contribution in [0.2, 0.25) is 0 Å². The molecule has 2 N–H and O–H groups in total. The van der Waals surface area contributed by atoms with E-state index in [1.165, 1.54) is 0 Å². The minimum Gasteiger partial charge on any atom is -0.398 e. The minimum absolute atomic E-state index is 0.334. The monoisotopic (exact) mass is 147 g/mol. The number of nitrogens with two attached hydrogens (primary N) is 1. The third-order valence-corrected chi connectivity index (χ3v) is 1.54. The third-order valence-electron chi connectivity index (χ3n) is 1.54. The minimum atomic E-state index is 0.334. The van der Waals surface area contributed by atoms with Crippen molar-refractivity contribution >= 4 is 5.69 Å². The molecule has 0 amide bonds. The lowest BCUT2D eigenvalue weighted by atomic mass is 10.1. The van der Waals surface area contributed by atoms with Crippen LogP contribution in [0.4, 0.5) is 5.69 Å². The van der Waals surface area contributed by atoms with Crippen molar-refractivity contribution in [1.82, 2.24) is 4.98 Å². The van der Waals surface area contributed by atoms with Crippen molar-refractivity contribution in [3.8, 4) is 6.07 Å². The second-order valence-electron chi connectivity index (χ2n) is 2.36. The van der Waals surface area contributed by atoms with Crippen LogP contribution < -0.4 is 5.73 Å². The Kier molecular flexibility index (Phi) is 2.07. The average Bonchev–Trinajstić information content (AvgIpc) is 1.99. The van der Waals surface area contributed by atoms with E-state index in [0.717, 1.165) is 11.1 Å². The van der Waals surface area contributed by atoms with Crippen molar-refractivity contribution in [2.45, 2.75) is 13.3 Å². The molecule has 3 heteroatoms. The summed E-state index contributed by atoms with van der Waals surface area (Å²) < 4.78 is 0. The Morgan fingerprint density at radius 2 is 2.36 bits per heavy atom. The zero-order valence-corrected chi connectivity index (χ0v) is 6.33. The smallest absolute Gasteiger partial charge is 0.0671 e. The molecule has 1 aromatic rings. The SMILES string of the molecule is Cc1cncc(CC#N)c1N. The summed E-state index contributed by atoms with van der Waals surface area (Å²) in [6, 6.07) is 2.03. The van der Waals surface area contributed by atoms with Gasteiger partial charge in [-0.25, -0.2) is 0 Å². The zero-order chi connectivity index (χ0) is 8.27. The van der Waals surface area contributed by atoms with Gasteiger partial charge >= 0.3 is 0 Å². The number of nitrogen functional groups attached to an aromatic ring is 1. The maximum absolute atomic E-state index is 8.40. The molecule has 0 aliphatic carbocycles. The zero-order valence-electron chi connectivity index (χ0n) is 6.33. The van der Waals surface area contributed by atoms with Gasteiger partial charge in [-0.15, -0.1) is 0 Å². The highest BCUT2D eigenvalue weighted by Crippen LogP contribution is 2.14. The van der Waals surface area contributed by atoms with Gasteiger partial charge in [0.25, 0.3) is 0 Å². The van der Waals surface area contributed by atoms with Crippen LogP contribution in [0.15, 0.2) is 12.4 Å². The van der Waals surface area contributed by atoms with Crippen LogP contribution in [-0.2, 0) is 6.42 Å². The van der Waals surface area contributed by atoms with Crippen LogP contribution in [0.25, 0.3) is 0 Å². The molecule has 1 rings (SSSR count). The Hall–Kier alpha value is -1.56. The molecule has 56 valence electrons. The highest BCUT2D eigenvalue weighted by atomic mass is 14.7. The van der Waals surface area contributed by atoms with Gasteiger partial charge < -0.3 is 5.73 Å². The summed E-state index contributed by atoms with van der Waals surface area (Å²) in [7, 11) is 0. The van der Waals surface area contributed by atoms with Crippen molar-refractivity contribution in [3.63, 3.8) is 0 Å². The maximum atomic E-state index is 8.40. The molecule has 11 heavy (non-hydrogen) atoms. The first-order chi connectivity index (χ1) is 5.25. The fourth-order valence-corrected chi connectivity index (χ4v) is 0.857. The van der Waals surface area contributed by atoms with E-state index in [9.17, 15) is 0 Å². The van der Waals surface area contributed by atoms with Gasteiger partial charge in [0.15, 0.2) is 0 Å². The van der Waals surface area contributed by atoms with E-state index in [1.54, 1.807) is 12.4 Å². The lowest BCUT2D eigenvalue weighted by Gasteiger charge is -2.02. The Morgan fingerprint density at radius 1 is 1.64 bits per heavy atom. The van der Waals surface area contributed by atoms with Crippen LogP contribution in [-0.4, -0.2) is 4.98 Å². The van der Waals surface area contributed by atoms with E-state index in [1.807, 2.05) is 13.0 Å². The maximum Gasteiger partial charge on any atom is 0.0671 e. The van der Waals surface area contributed by atoms with Crippen LogP contribution in [0, 0.1) is 18.3 Å². The van der Waals surface area contributed by atoms with Gasteiger partial charge in [-0.3, -0.25) is 4.98 Å². The van der Waals surface area contributed by atoms with Crippen molar-refractivity contribution < 1.29 is 0 Å². The number of hydrogen-bond acceptors (Lipinski definition) is 3. The number of nitriles is 1. The van der Waals surface area contributed by atoms with Gasteiger partial charge in [-0.2, -0.15) is 5.26 Å². The Bertz CT molecular complexity index is 299. The summed E-state index contributed by atoms with van der Waals surface area (Å²) in [6.07, 6.45) is 3.66. The summed E-state index contributed by atoms with van der Waals surface area (Å²) in [6.45, 7) is 1.88. The first kappa shape index (κ1) is 7.55. The molecular formula is C8H9N3. The lowest BCUT2D eigenvalue weighted by molar-refractivity contribution is 1.17. The first-order valence-electron chi connectivity index (χ1n) is 3.31. The van der Waals surface area contributed by atoms with Gasteiger partial charge in [0.2, 0.25) is 0 Å². The van der Waals surface area contributed by atoms with E-state index in [4.69, 9.17) is 11.0 Å². The van der Waals surface area contributed by atoms with Gasteiger partial charge in [-0.05, 0) is 12.5 Å². The number of rotatable bonds is 1. The summed E-state index contributed by atoms with van der Waals surface area (Å²) in [5.41, 5.74) is 8.10. The van der Waals surface area contributed by atoms with Crippen LogP contribution in [0.1, 0.15) is 11.1 Å². The molecule has 0 fully saturated rings. The molecule has 0 radical (unpaired) electrons. The van der Waals surface area contributed by atoms with Crippen molar-refractivity contribution in [2.75, 3.05) is 5.73 Å². The van der Waals surface area contributed by atoms with E-state index >= 15 is 0 Å². The highest BCUT2D eigenvalue weighted by Gasteiger charge is 2.00. The molecule has 0 bridgehead atoms. The Balaban J connectivity index is 3.08. The average molecular weight is 147 g/mol. The number of aryl methyl sites for hydroxylation is 1. The van der Waals surface area contributed by atoms with Crippen molar-refractivity contribution in [3.05, 3.63) is 23.5 Å². The molecule has 0 spiro atoms. The largest absolute Gasteiger partial charge is 0.398 e. The molecule has 0 aliphatic heterocycles. The first-order valence-corrected chi connectivity index (χ1v) is 3.31. The quantitative estimate of drug-likeness (QED) is 0.645. The topological polar surface area (TPSA) is 62.7 Å². The molecular weight excluding hydrogens is 138 g/mol. The summed E-state index contributed by atoms with van der Waals surface area (Å²) in [5, 5.41) is 8.40. The predicted molar refractivity (Wildman–Crippen MR) is 42.7 cm³/mol. The van der Waals surface area contributed by atoms with Crippen LogP contribution in [0.3, 0.4) is 0 Å². The molecule has 0 aromatic carbocycles. The third kappa shape index (κ3) is 1.47. The Labute approximate surface area is 65.5 Å². The number of anilines is 1. The number of hydrogen-bond donors (Lipinski definition) is 1. The summed E-state index contributed by atoms with van der Waals surface area (Å²) in [5.74, 6) is 0. The number of nitrogens with zero attached hydrogens (tertiary/aromatic N) is 2. The lowest BCUT2D eigenvalue weighted by Crippen LogP contribution is -1.97. The number of aromatic nitrogens is 1. The van der Waals surface area contributed by atoms with Crippen molar-refractivity contribution in [1.29, 1.82) is 5.26 Å². The van der Waals surface area contributed by atoms with Gasteiger partial charge in [0.1, 0.15) is 0 Å². The van der Waals surface area contributed by atoms with Gasteiger partial charge in [-0.1, -0.05) is 0 Å². The van der Waals surface area contributed by atoms with Crippen LogP contribution in [0.5, 0.6) is 0 Å². The van der Waals surface area contributed by atoms with E-state index in [-0.39, 0.29) is 0 Å². The molecule has 0 saturated heterocycles. The van der Waals surface area contributed by atoms with E-state index in [0.29, 0.717) is 12.1 Å². The Morgan fingerprint density at radius 3 is 3.00 bits per heavy atom. The van der Waals surface area contributed by atoms with Gasteiger partial charge in [0.05, 0.1) is 12.5 Å². The molecule has 0 atom stereocenters. The van der Waals surface area contributed by atoms with Gasteiger partial charge in [0, 0.05) is 23.6 Å². The molecule has 0 unspecified atom stereocenters. The van der Waals surface area contributed by atoms with Crippen molar-refractivity contribution in [2.24, 2.45) is 0 Å². The predicted octanol–water partition coefficient (Wildman–Crippen LogP) is 1.04. The summed E-state index contributed by atoms with van der Waals surface area (Å²) >= 11 is 0. The molecule has 1 aromatic heterocycles. The molecule has 0 aliphatic rings. The standard InChI is InChI=1S/C8H9N3/c1-6-4-11-5-7(2-3-9)8(6)10/h4-5H,2H2,1H3,(H2,10,11). The molecule has 3 nitrogen and oxygen atoms in total. The highest BCUT2D eigenvalue weighted by molar-refractivity contribution is 5.51. The molecule has 0 saturated carbocycles.